The predicted octanol–water partition coefficient (Wildman–Crippen LogP) is 2.26. The zero-order chi connectivity index (χ0) is 20.5. The van der Waals surface area contributed by atoms with Crippen LogP contribution in [0.4, 0.5) is 8.78 Å². The van der Waals surface area contributed by atoms with Crippen molar-refractivity contribution >= 4 is 17.8 Å². The Hall–Kier alpha value is -2.71. The maximum Gasteiger partial charge on any atom is 0.387 e. The number of alkyl halides is 2. The van der Waals surface area contributed by atoms with Crippen LogP contribution in [0.3, 0.4) is 0 Å². The molecule has 1 aromatic carbocycles. The minimum absolute atomic E-state index is 0.0750. The van der Waals surface area contributed by atoms with Gasteiger partial charge in [0.2, 0.25) is 0 Å². The van der Waals surface area contributed by atoms with E-state index in [0.29, 0.717) is 5.92 Å². The molecule has 0 aliphatic heterocycles. The van der Waals surface area contributed by atoms with Crippen molar-refractivity contribution in [3.05, 3.63) is 29.8 Å². The quantitative estimate of drug-likeness (QED) is 0.655. The molecule has 2 rings (SSSR count). The van der Waals surface area contributed by atoms with E-state index in [1.54, 1.807) is 0 Å². The fraction of sp³-hybridized carbons (Fsp3) is 0.526. The van der Waals surface area contributed by atoms with Gasteiger partial charge in [-0.3, -0.25) is 14.4 Å². The summed E-state index contributed by atoms with van der Waals surface area (Å²) in [4.78, 5) is 35.7. The van der Waals surface area contributed by atoms with Crippen molar-refractivity contribution in [2.75, 3.05) is 13.2 Å². The number of amides is 2. The summed E-state index contributed by atoms with van der Waals surface area (Å²) in [5.41, 5.74) is -0.139. The van der Waals surface area contributed by atoms with Crippen LogP contribution in [0, 0.1) is 5.92 Å². The highest BCUT2D eigenvalue weighted by atomic mass is 19.3. The van der Waals surface area contributed by atoms with Gasteiger partial charge < -0.3 is 20.1 Å². The molecule has 7 nitrogen and oxygen atoms in total. The van der Waals surface area contributed by atoms with Crippen LogP contribution in [-0.2, 0) is 14.3 Å². The Bertz CT molecular complexity index is 699. The number of benzene rings is 1. The lowest BCUT2D eigenvalue weighted by Crippen LogP contribution is -2.43. The number of esters is 1. The van der Waals surface area contributed by atoms with Gasteiger partial charge in [0.15, 0.2) is 6.61 Å². The lowest BCUT2D eigenvalue weighted by molar-refractivity contribution is -0.147. The van der Waals surface area contributed by atoms with Crippen molar-refractivity contribution < 1.29 is 32.6 Å². The van der Waals surface area contributed by atoms with Gasteiger partial charge in [-0.05, 0) is 30.9 Å². The highest BCUT2D eigenvalue weighted by Gasteiger charge is 2.23. The smallest absolute Gasteiger partial charge is 0.387 e. The minimum Gasteiger partial charge on any atom is -0.454 e. The number of hydrogen-bond acceptors (Lipinski definition) is 5. The number of para-hydroxylation sites is 1. The highest BCUT2D eigenvalue weighted by Crippen LogP contribution is 2.23. The molecule has 154 valence electrons. The van der Waals surface area contributed by atoms with Crippen LogP contribution >= 0.6 is 0 Å². The first kappa shape index (κ1) is 21.6. The SMILES string of the molecule is C[C@H]1CCCC[C@H]1NC(=O)COC(=O)CNC(=O)c1ccccc1OC(F)F. The maximum absolute atomic E-state index is 12.4. The molecule has 2 atom stereocenters. The molecule has 2 amide bonds. The van der Waals surface area contributed by atoms with E-state index < -0.39 is 37.5 Å². The van der Waals surface area contributed by atoms with E-state index in [2.05, 4.69) is 22.3 Å². The van der Waals surface area contributed by atoms with Gasteiger partial charge in [-0.1, -0.05) is 31.9 Å². The van der Waals surface area contributed by atoms with Gasteiger partial charge in [-0.25, -0.2) is 0 Å². The number of ether oxygens (including phenoxy) is 2. The van der Waals surface area contributed by atoms with Crippen molar-refractivity contribution in [3.63, 3.8) is 0 Å². The number of hydrogen-bond donors (Lipinski definition) is 2. The summed E-state index contributed by atoms with van der Waals surface area (Å²) in [6.45, 7) is -1.96. The average molecular weight is 398 g/mol. The van der Waals surface area contributed by atoms with Crippen molar-refractivity contribution in [1.82, 2.24) is 10.6 Å². The summed E-state index contributed by atoms with van der Waals surface area (Å²) in [5, 5.41) is 5.10. The third-order valence-electron chi connectivity index (χ3n) is 4.56. The van der Waals surface area contributed by atoms with E-state index in [1.165, 1.54) is 24.3 Å². The Balaban J connectivity index is 1.75. The van der Waals surface area contributed by atoms with E-state index in [4.69, 9.17) is 4.74 Å². The fourth-order valence-corrected chi connectivity index (χ4v) is 3.08. The number of carbonyl (C=O) groups excluding carboxylic acids is 3. The van der Waals surface area contributed by atoms with E-state index in [1.807, 2.05) is 0 Å². The molecule has 1 fully saturated rings. The Morgan fingerprint density at radius 1 is 1.18 bits per heavy atom. The lowest BCUT2D eigenvalue weighted by atomic mass is 9.86. The van der Waals surface area contributed by atoms with Crippen molar-refractivity contribution in [1.29, 1.82) is 0 Å². The Morgan fingerprint density at radius 2 is 1.89 bits per heavy atom. The molecule has 1 aromatic rings. The average Bonchev–Trinajstić information content (AvgIpc) is 2.66. The van der Waals surface area contributed by atoms with E-state index in [-0.39, 0.29) is 17.4 Å². The van der Waals surface area contributed by atoms with Crippen LogP contribution in [0.1, 0.15) is 43.0 Å². The molecule has 0 aromatic heterocycles. The van der Waals surface area contributed by atoms with Gasteiger partial charge in [0.05, 0.1) is 5.56 Å². The fourth-order valence-electron chi connectivity index (χ4n) is 3.08. The molecule has 1 aliphatic carbocycles. The van der Waals surface area contributed by atoms with Gasteiger partial charge in [-0.2, -0.15) is 8.78 Å². The number of carbonyl (C=O) groups is 3. The largest absolute Gasteiger partial charge is 0.454 e. The summed E-state index contributed by atoms with van der Waals surface area (Å²) >= 11 is 0. The van der Waals surface area contributed by atoms with Crippen molar-refractivity contribution in [2.24, 2.45) is 5.92 Å². The second kappa shape index (κ2) is 10.6. The normalized spacial score (nSPS) is 19.0. The molecule has 0 spiro atoms. The molecule has 0 saturated heterocycles. The monoisotopic (exact) mass is 398 g/mol. The first-order valence-corrected chi connectivity index (χ1v) is 9.14. The van der Waals surface area contributed by atoms with Crippen LogP contribution in [-0.4, -0.2) is 43.6 Å². The molecule has 0 heterocycles. The molecular weight excluding hydrogens is 374 g/mol. The molecule has 0 radical (unpaired) electrons. The minimum atomic E-state index is -3.08. The molecule has 1 aliphatic rings. The van der Waals surface area contributed by atoms with Crippen LogP contribution in [0.25, 0.3) is 0 Å². The molecule has 2 N–H and O–H groups in total. The third kappa shape index (κ3) is 6.79. The zero-order valence-electron chi connectivity index (χ0n) is 15.6. The van der Waals surface area contributed by atoms with Gasteiger partial charge >= 0.3 is 12.6 Å². The van der Waals surface area contributed by atoms with Crippen LogP contribution in [0.5, 0.6) is 5.75 Å². The summed E-state index contributed by atoms with van der Waals surface area (Å²) in [6, 6.07) is 5.50. The van der Waals surface area contributed by atoms with E-state index in [0.717, 1.165) is 25.7 Å². The molecule has 9 heteroatoms. The first-order valence-electron chi connectivity index (χ1n) is 9.14. The highest BCUT2D eigenvalue weighted by molar-refractivity contribution is 5.98. The van der Waals surface area contributed by atoms with Gasteiger partial charge in [-0.15, -0.1) is 0 Å². The standard InChI is InChI=1S/C19H24F2N2O5/c1-12-6-2-4-8-14(12)23-16(24)11-27-17(25)10-22-18(26)13-7-3-5-9-15(13)28-19(20)21/h3,5,7,9,12,14,19H,2,4,6,8,10-11H2,1H3,(H,22,26)(H,23,24)/t12-,14+/m0/s1. The lowest BCUT2D eigenvalue weighted by Gasteiger charge is -2.29. The Morgan fingerprint density at radius 3 is 2.61 bits per heavy atom. The van der Waals surface area contributed by atoms with E-state index in [9.17, 15) is 23.2 Å². The summed E-state index contributed by atoms with van der Waals surface area (Å²) in [5.74, 6) is -1.90. The summed E-state index contributed by atoms with van der Waals surface area (Å²) in [6.07, 6.45) is 4.15. The maximum atomic E-state index is 12.4. The second-order valence-electron chi connectivity index (χ2n) is 6.65. The van der Waals surface area contributed by atoms with Crippen LogP contribution in [0.15, 0.2) is 24.3 Å². The molecule has 28 heavy (non-hydrogen) atoms. The second-order valence-corrected chi connectivity index (χ2v) is 6.65. The van der Waals surface area contributed by atoms with E-state index >= 15 is 0 Å². The van der Waals surface area contributed by atoms with Crippen molar-refractivity contribution in [2.45, 2.75) is 45.3 Å². The number of rotatable bonds is 8. The molecule has 1 saturated carbocycles. The van der Waals surface area contributed by atoms with Crippen LogP contribution in [0.2, 0.25) is 0 Å². The number of halogens is 2. The predicted molar refractivity (Wildman–Crippen MR) is 95.9 cm³/mol. The Kier molecular flexibility index (Phi) is 8.16. The molecule has 0 unspecified atom stereocenters. The summed E-state index contributed by atoms with van der Waals surface area (Å²) < 4.78 is 33.9. The molecule has 0 bridgehead atoms. The topological polar surface area (TPSA) is 93.7 Å². The first-order chi connectivity index (χ1) is 13.4. The van der Waals surface area contributed by atoms with Gasteiger partial charge in [0.1, 0.15) is 12.3 Å². The van der Waals surface area contributed by atoms with Gasteiger partial charge in [0.25, 0.3) is 11.8 Å². The Labute approximate surface area is 161 Å². The van der Waals surface area contributed by atoms with Crippen molar-refractivity contribution in [3.8, 4) is 5.75 Å². The summed E-state index contributed by atoms with van der Waals surface area (Å²) in [7, 11) is 0. The van der Waals surface area contributed by atoms with Crippen LogP contribution < -0.4 is 15.4 Å². The van der Waals surface area contributed by atoms with Gasteiger partial charge in [0, 0.05) is 6.04 Å². The third-order valence-corrected chi connectivity index (χ3v) is 4.56. The zero-order valence-corrected chi connectivity index (χ0v) is 15.6. The number of nitrogens with one attached hydrogen (secondary N) is 2. The molecular formula is C19H24F2N2O5.